The summed E-state index contributed by atoms with van der Waals surface area (Å²) in [5, 5.41) is 1.12. The van der Waals surface area contributed by atoms with Crippen molar-refractivity contribution in [2.45, 2.75) is 44.9 Å². The molecule has 0 amide bonds. The Hall–Kier alpha value is -0.310. The molecule has 0 saturated carbocycles. The number of unbranched alkanes of at least 4 members (excludes halogenated alkanes) is 6. The van der Waals surface area contributed by atoms with Crippen LogP contribution in [0.2, 0.25) is 0 Å². The first-order valence-corrected chi connectivity index (χ1v) is 6.78. The van der Waals surface area contributed by atoms with Crippen molar-refractivity contribution in [2.24, 2.45) is 0 Å². The highest BCUT2D eigenvalue weighted by Gasteiger charge is 1.95. The van der Waals surface area contributed by atoms with Gasteiger partial charge in [0.05, 0.1) is 6.61 Å². The summed E-state index contributed by atoms with van der Waals surface area (Å²) in [7, 11) is 0. The van der Waals surface area contributed by atoms with Crippen molar-refractivity contribution in [3.63, 3.8) is 0 Å². The molecule has 0 rings (SSSR count). The molecule has 0 atom stereocenters. The van der Waals surface area contributed by atoms with Crippen LogP contribution in [-0.2, 0) is 9.53 Å². The normalized spacial score (nSPS) is 9.93. The number of esters is 1. The largest absolute Gasteiger partial charge is 0.463 e. The van der Waals surface area contributed by atoms with E-state index in [1.165, 1.54) is 38.2 Å². The Kier molecular flexibility index (Phi) is 11.5. The van der Waals surface area contributed by atoms with E-state index in [2.05, 4.69) is 22.5 Å². The Labute approximate surface area is 101 Å². The minimum Gasteiger partial charge on any atom is -0.463 e. The van der Waals surface area contributed by atoms with E-state index in [-0.39, 0.29) is 5.97 Å². The maximum atomic E-state index is 10.7. The molecule has 0 radical (unpaired) electrons. The first-order valence-electron chi connectivity index (χ1n) is 5.66. The third kappa shape index (κ3) is 11.6. The number of hydrogen-bond donors (Lipinski definition) is 0. The van der Waals surface area contributed by atoms with Gasteiger partial charge < -0.3 is 4.74 Å². The second-order valence-electron chi connectivity index (χ2n) is 3.54. The molecule has 0 saturated heterocycles. The minimum atomic E-state index is -0.313. The van der Waals surface area contributed by atoms with Crippen molar-refractivity contribution < 1.29 is 9.53 Å². The summed E-state index contributed by atoms with van der Waals surface area (Å²) in [4.78, 5) is 10.7. The first-order chi connectivity index (χ1) is 7.31. The maximum Gasteiger partial charge on any atom is 0.330 e. The number of halogens is 1. The monoisotopic (exact) mass is 276 g/mol. The lowest BCUT2D eigenvalue weighted by atomic mass is 10.1. The molecular weight excluding hydrogens is 256 g/mol. The Morgan fingerprint density at radius 1 is 1.07 bits per heavy atom. The Balaban J connectivity index is 2.98. The topological polar surface area (TPSA) is 26.3 Å². The fourth-order valence-electron chi connectivity index (χ4n) is 1.31. The van der Waals surface area contributed by atoms with E-state index in [0.29, 0.717) is 6.61 Å². The van der Waals surface area contributed by atoms with Gasteiger partial charge in [-0.25, -0.2) is 4.79 Å². The van der Waals surface area contributed by atoms with Crippen LogP contribution in [0.4, 0.5) is 0 Å². The second kappa shape index (κ2) is 11.8. The van der Waals surface area contributed by atoms with Gasteiger partial charge in [0.25, 0.3) is 0 Å². The van der Waals surface area contributed by atoms with Gasteiger partial charge in [-0.3, -0.25) is 0 Å². The van der Waals surface area contributed by atoms with Crippen LogP contribution in [0.3, 0.4) is 0 Å². The van der Waals surface area contributed by atoms with Crippen LogP contribution in [0, 0.1) is 0 Å². The van der Waals surface area contributed by atoms with E-state index in [1.54, 1.807) is 0 Å². The third-order valence-electron chi connectivity index (χ3n) is 2.19. The SMILES string of the molecule is C=CC(=O)OCCCCCCCCCBr. The van der Waals surface area contributed by atoms with Crippen LogP contribution < -0.4 is 0 Å². The fraction of sp³-hybridized carbons (Fsp3) is 0.750. The van der Waals surface area contributed by atoms with Crippen LogP contribution in [0.25, 0.3) is 0 Å². The molecule has 3 heteroatoms. The molecule has 0 bridgehead atoms. The number of ether oxygens (including phenoxy) is 1. The van der Waals surface area contributed by atoms with Gasteiger partial charge in [-0.2, -0.15) is 0 Å². The number of hydrogen-bond acceptors (Lipinski definition) is 2. The summed E-state index contributed by atoms with van der Waals surface area (Å²) in [5.74, 6) is -0.313. The van der Waals surface area contributed by atoms with Gasteiger partial charge in [-0.15, -0.1) is 0 Å². The average Bonchev–Trinajstić information content (AvgIpc) is 2.26. The summed E-state index contributed by atoms with van der Waals surface area (Å²) in [6, 6.07) is 0. The van der Waals surface area contributed by atoms with Crippen LogP contribution in [0.5, 0.6) is 0 Å². The molecule has 0 aliphatic carbocycles. The van der Waals surface area contributed by atoms with Gasteiger partial charge in [0.1, 0.15) is 0 Å². The molecule has 0 heterocycles. The van der Waals surface area contributed by atoms with Crippen molar-refractivity contribution in [1.82, 2.24) is 0 Å². The zero-order chi connectivity index (χ0) is 11.4. The summed E-state index contributed by atoms with van der Waals surface area (Å²) in [6.07, 6.45) is 9.78. The van der Waals surface area contributed by atoms with Crippen LogP contribution in [0.1, 0.15) is 44.9 Å². The molecule has 0 N–H and O–H groups in total. The number of rotatable bonds is 10. The Bertz CT molecular complexity index is 169. The molecular formula is C12H21BrO2. The maximum absolute atomic E-state index is 10.7. The highest BCUT2D eigenvalue weighted by atomic mass is 79.9. The van der Waals surface area contributed by atoms with Gasteiger partial charge in [0, 0.05) is 11.4 Å². The number of carbonyl (C=O) groups excluding carboxylic acids is 1. The predicted molar refractivity (Wildman–Crippen MR) is 67.3 cm³/mol. The van der Waals surface area contributed by atoms with E-state index < -0.39 is 0 Å². The molecule has 0 unspecified atom stereocenters. The summed E-state index contributed by atoms with van der Waals surface area (Å²) < 4.78 is 4.87. The lowest BCUT2D eigenvalue weighted by Gasteiger charge is -2.02. The van der Waals surface area contributed by atoms with Gasteiger partial charge in [-0.05, 0) is 12.8 Å². The third-order valence-corrected chi connectivity index (χ3v) is 2.75. The number of alkyl halides is 1. The minimum absolute atomic E-state index is 0.313. The van der Waals surface area contributed by atoms with Crippen LogP contribution in [-0.4, -0.2) is 17.9 Å². The summed E-state index contributed by atoms with van der Waals surface area (Å²) >= 11 is 3.42. The molecule has 0 fully saturated rings. The Morgan fingerprint density at radius 3 is 2.13 bits per heavy atom. The molecule has 0 aliphatic rings. The van der Waals surface area contributed by atoms with E-state index in [9.17, 15) is 4.79 Å². The molecule has 0 aromatic rings. The quantitative estimate of drug-likeness (QED) is 0.262. The van der Waals surface area contributed by atoms with E-state index in [0.717, 1.165) is 18.2 Å². The van der Waals surface area contributed by atoms with E-state index in [4.69, 9.17) is 4.74 Å². The highest BCUT2D eigenvalue weighted by Crippen LogP contribution is 2.08. The summed E-state index contributed by atoms with van der Waals surface area (Å²) in [5.41, 5.74) is 0. The Morgan fingerprint density at radius 2 is 1.60 bits per heavy atom. The second-order valence-corrected chi connectivity index (χ2v) is 4.33. The van der Waals surface area contributed by atoms with Gasteiger partial charge >= 0.3 is 5.97 Å². The lowest BCUT2D eigenvalue weighted by molar-refractivity contribution is -0.137. The molecule has 0 aliphatic heterocycles. The molecule has 0 aromatic carbocycles. The van der Waals surface area contributed by atoms with Crippen molar-refractivity contribution in [2.75, 3.05) is 11.9 Å². The van der Waals surface area contributed by atoms with E-state index >= 15 is 0 Å². The van der Waals surface area contributed by atoms with Crippen LogP contribution in [0.15, 0.2) is 12.7 Å². The first kappa shape index (κ1) is 14.7. The highest BCUT2D eigenvalue weighted by molar-refractivity contribution is 9.09. The molecule has 15 heavy (non-hydrogen) atoms. The van der Waals surface area contributed by atoms with E-state index in [1.807, 2.05) is 0 Å². The van der Waals surface area contributed by atoms with Gasteiger partial charge in [0.15, 0.2) is 0 Å². The van der Waals surface area contributed by atoms with Gasteiger partial charge in [0.2, 0.25) is 0 Å². The van der Waals surface area contributed by atoms with Gasteiger partial charge in [-0.1, -0.05) is 54.6 Å². The predicted octanol–water partition coefficient (Wildman–Crippen LogP) is 3.84. The summed E-state index contributed by atoms with van der Waals surface area (Å²) in [6.45, 7) is 3.87. The van der Waals surface area contributed by atoms with Crippen molar-refractivity contribution >= 4 is 21.9 Å². The zero-order valence-electron chi connectivity index (χ0n) is 9.34. The molecule has 2 nitrogen and oxygen atoms in total. The number of carbonyl (C=O) groups is 1. The molecule has 0 aromatic heterocycles. The molecule has 0 spiro atoms. The zero-order valence-corrected chi connectivity index (χ0v) is 10.9. The van der Waals surface area contributed by atoms with Crippen molar-refractivity contribution in [3.05, 3.63) is 12.7 Å². The molecule has 88 valence electrons. The van der Waals surface area contributed by atoms with Crippen molar-refractivity contribution in [3.8, 4) is 0 Å². The van der Waals surface area contributed by atoms with Crippen LogP contribution >= 0.6 is 15.9 Å². The average molecular weight is 277 g/mol. The smallest absolute Gasteiger partial charge is 0.330 e. The standard InChI is InChI=1S/C12H21BrO2/c1-2-12(14)15-11-9-7-5-3-4-6-8-10-13/h2H,1,3-11H2. The lowest BCUT2D eigenvalue weighted by Crippen LogP contribution is -2.01. The van der Waals surface area contributed by atoms with Crippen molar-refractivity contribution in [1.29, 1.82) is 0 Å². The fourth-order valence-corrected chi connectivity index (χ4v) is 1.71.